The highest BCUT2D eigenvalue weighted by Crippen LogP contribution is 2.19. The van der Waals surface area contributed by atoms with Gasteiger partial charge >= 0.3 is 0 Å². The van der Waals surface area contributed by atoms with Gasteiger partial charge in [-0.3, -0.25) is 14.6 Å². The van der Waals surface area contributed by atoms with Gasteiger partial charge in [-0.1, -0.05) is 6.07 Å². The predicted octanol–water partition coefficient (Wildman–Crippen LogP) is 3.42. The number of aromatic nitrogens is 4. The van der Waals surface area contributed by atoms with Crippen LogP contribution in [-0.2, 0) is 6.54 Å². The first-order valence-corrected chi connectivity index (χ1v) is 7.19. The van der Waals surface area contributed by atoms with Crippen molar-refractivity contribution < 1.29 is 0 Å². The molecule has 0 aromatic carbocycles. The molecule has 0 aliphatic carbocycles. The maximum Gasteiger partial charge on any atom is 0.195 e. The van der Waals surface area contributed by atoms with Crippen molar-refractivity contribution in [1.82, 2.24) is 19.7 Å². The molecule has 4 nitrogen and oxygen atoms in total. The Balaban J connectivity index is 2.05. The van der Waals surface area contributed by atoms with E-state index in [1.165, 1.54) is 11.1 Å². The van der Waals surface area contributed by atoms with Gasteiger partial charge in [0, 0.05) is 6.20 Å². The van der Waals surface area contributed by atoms with Gasteiger partial charge in [-0.2, -0.15) is 16.4 Å². The highest BCUT2D eigenvalue weighted by molar-refractivity contribution is 7.71. The molecule has 0 aliphatic rings. The van der Waals surface area contributed by atoms with E-state index in [0.29, 0.717) is 4.77 Å². The summed E-state index contributed by atoms with van der Waals surface area (Å²) in [5, 5.41) is 11.4. The highest BCUT2D eigenvalue weighted by atomic mass is 32.1. The number of H-pyrrole nitrogens is 1. The highest BCUT2D eigenvalue weighted by Gasteiger charge is 2.11. The van der Waals surface area contributed by atoms with Crippen LogP contribution in [0.25, 0.3) is 11.5 Å². The summed E-state index contributed by atoms with van der Waals surface area (Å²) >= 11 is 7.01. The zero-order valence-electron chi connectivity index (χ0n) is 10.3. The summed E-state index contributed by atoms with van der Waals surface area (Å²) in [6, 6.07) is 5.76. The van der Waals surface area contributed by atoms with Crippen LogP contribution in [-0.4, -0.2) is 19.7 Å². The zero-order chi connectivity index (χ0) is 13.2. The van der Waals surface area contributed by atoms with Crippen LogP contribution in [0.5, 0.6) is 0 Å². The molecule has 0 radical (unpaired) electrons. The number of hydrogen-bond acceptors (Lipinski definition) is 4. The molecule has 3 rings (SSSR count). The molecule has 19 heavy (non-hydrogen) atoms. The van der Waals surface area contributed by atoms with Crippen molar-refractivity contribution in [3.63, 3.8) is 0 Å². The molecule has 3 aromatic heterocycles. The fourth-order valence-electron chi connectivity index (χ4n) is 1.87. The summed E-state index contributed by atoms with van der Waals surface area (Å²) in [6.45, 7) is 2.83. The predicted molar refractivity (Wildman–Crippen MR) is 78.8 cm³/mol. The second kappa shape index (κ2) is 5.07. The Labute approximate surface area is 119 Å². The van der Waals surface area contributed by atoms with Crippen molar-refractivity contribution in [1.29, 1.82) is 0 Å². The quantitative estimate of drug-likeness (QED) is 0.751. The molecule has 96 valence electrons. The third kappa shape index (κ3) is 2.36. The van der Waals surface area contributed by atoms with E-state index in [1.54, 1.807) is 17.5 Å². The molecule has 0 fully saturated rings. The fraction of sp³-hybridized carbons (Fsp3) is 0.154. The molecule has 0 unspecified atom stereocenters. The number of pyridine rings is 1. The van der Waals surface area contributed by atoms with Crippen LogP contribution in [0.1, 0.15) is 11.1 Å². The van der Waals surface area contributed by atoms with Gasteiger partial charge in [0.25, 0.3) is 0 Å². The molecule has 0 spiro atoms. The van der Waals surface area contributed by atoms with E-state index < -0.39 is 0 Å². The van der Waals surface area contributed by atoms with Gasteiger partial charge < -0.3 is 0 Å². The third-order valence-electron chi connectivity index (χ3n) is 2.94. The molecular weight excluding hydrogens is 276 g/mol. The topological polar surface area (TPSA) is 46.5 Å². The Hall–Kier alpha value is -1.79. The fourth-order valence-corrected chi connectivity index (χ4v) is 2.92. The lowest BCUT2D eigenvalue weighted by molar-refractivity contribution is 0.786. The van der Waals surface area contributed by atoms with Crippen molar-refractivity contribution >= 4 is 23.6 Å². The minimum Gasteiger partial charge on any atom is -0.294 e. The second-order valence-corrected chi connectivity index (χ2v) is 5.36. The van der Waals surface area contributed by atoms with Crippen LogP contribution < -0.4 is 0 Å². The SMILES string of the molecule is Cc1cscc1Cn1c(-c2ccccn2)n[nH]c1=S. The first-order valence-electron chi connectivity index (χ1n) is 5.84. The molecule has 1 N–H and O–H groups in total. The lowest BCUT2D eigenvalue weighted by Gasteiger charge is -2.06. The third-order valence-corrected chi connectivity index (χ3v) is 4.16. The van der Waals surface area contributed by atoms with Gasteiger partial charge in [0.15, 0.2) is 10.6 Å². The van der Waals surface area contributed by atoms with E-state index in [-0.39, 0.29) is 0 Å². The van der Waals surface area contributed by atoms with Gasteiger partial charge in [-0.05, 0) is 53.2 Å². The number of nitrogens with one attached hydrogen (secondary N) is 1. The summed E-state index contributed by atoms with van der Waals surface area (Å²) < 4.78 is 2.60. The molecule has 0 bridgehead atoms. The smallest absolute Gasteiger partial charge is 0.195 e. The molecule has 3 aromatic rings. The maximum absolute atomic E-state index is 5.31. The monoisotopic (exact) mass is 288 g/mol. The largest absolute Gasteiger partial charge is 0.294 e. The van der Waals surface area contributed by atoms with Crippen LogP contribution in [0.3, 0.4) is 0 Å². The number of thiophene rings is 1. The normalized spacial score (nSPS) is 10.8. The molecule has 0 aliphatic heterocycles. The van der Waals surface area contributed by atoms with E-state index in [0.717, 1.165) is 18.1 Å². The Morgan fingerprint density at radius 1 is 1.37 bits per heavy atom. The van der Waals surface area contributed by atoms with Crippen molar-refractivity contribution in [2.24, 2.45) is 0 Å². The first-order chi connectivity index (χ1) is 9.25. The van der Waals surface area contributed by atoms with Gasteiger partial charge in [0.2, 0.25) is 0 Å². The Bertz CT molecular complexity index is 739. The average molecular weight is 288 g/mol. The standard InChI is InChI=1S/C13H12N4S2/c1-9-7-19-8-10(9)6-17-12(15-16-13(17)18)11-4-2-3-5-14-11/h2-5,7-8H,6H2,1H3,(H,16,18). The van der Waals surface area contributed by atoms with Crippen molar-refractivity contribution in [2.45, 2.75) is 13.5 Å². The van der Waals surface area contributed by atoms with E-state index >= 15 is 0 Å². The maximum atomic E-state index is 5.31. The molecule has 3 heterocycles. The number of aromatic amines is 1. The second-order valence-electron chi connectivity index (χ2n) is 4.23. The van der Waals surface area contributed by atoms with E-state index in [9.17, 15) is 0 Å². The summed E-state index contributed by atoms with van der Waals surface area (Å²) in [5.74, 6) is 0.774. The van der Waals surface area contributed by atoms with Crippen LogP contribution in [0.4, 0.5) is 0 Å². The summed E-state index contributed by atoms with van der Waals surface area (Å²) in [4.78, 5) is 4.33. The molecule has 0 saturated heterocycles. The first kappa shape index (κ1) is 12.3. The van der Waals surface area contributed by atoms with Crippen LogP contribution in [0.15, 0.2) is 35.2 Å². The number of hydrogen-bond donors (Lipinski definition) is 1. The Kier molecular flexibility index (Phi) is 3.27. The Morgan fingerprint density at radius 3 is 2.95 bits per heavy atom. The lowest BCUT2D eigenvalue weighted by Crippen LogP contribution is -2.03. The summed E-state index contributed by atoms with van der Waals surface area (Å²) in [6.07, 6.45) is 1.76. The van der Waals surface area contributed by atoms with Crippen molar-refractivity contribution in [3.8, 4) is 11.5 Å². The number of nitrogens with zero attached hydrogens (tertiary/aromatic N) is 3. The van der Waals surface area contributed by atoms with Gasteiger partial charge in [0.1, 0.15) is 5.69 Å². The van der Waals surface area contributed by atoms with E-state index in [2.05, 4.69) is 32.9 Å². The molecule has 6 heteroatoms. The van der Waals surface area contributed by atoms with E-state index in [1.807, 2.05) is 22.8 Å². The van der Waals surface area contributed by atoms with Crippen molar-refractivity contribution in [3.05, 3.63) is 51.1 Å². The molecule has 0 amide bonds. The van der Waals surface area contributed by atoms with E-state index in [4.69, 9.17) is 12.2 Å². The minimum atomic E-state index is 0.617. The van der Waals surface area contributed by atoms with Gasteiger partial charge in [0.05, 0.1) is 6.54 Å². The van der Waals surface area contributed by atoms with Crippen LogP contribution >= 0.6 is 23.6 Å². The minimum absolute atomic E-state index is 0.617. The molecular formula is C13H12N4S2. The van der Waals surface area contributed by atoms with Crippen LogP contribution in [0.2, 0.25) is 0 Å². The average Bonchev–Trinajstić information content (AvgIpc) is 2.99. The summed E-state index contributed by atoms with van der Waals surface area (Å²) in [7, 11) is 0. The van der Waals surface area contributed by atoms with Crippen molar-refractivity contribution in [2.75, 3.05) is 0 Å². The van der Waals surface area contributed by atoms with Gasteiger partial charge in [-0.15, -0.1) is 0 Å². The van der Waals surface area contributed by atoms with Gasteiger partial charge in [-0.25, -0.2) is 0 Å². The number of rotatable bonds is 3. The lowest BCUT2D eigenvalue weighted by atomic mass is 10.2. The summed E-state index contributed by atoms with van der Waals surface area (Å²) in [5.41, 5.74) is 3.36. The molecule has 0 saturated carbocycles. The molecule has 0 atom stereocenters. The Morgan fingerprint density at radius 2 is 2.26 bits per heavy atom. The van der Waals surface area contributed by atoms with Crippen LogP contribution in [0, 0.1) is 11.7 Å². The number of aryl methyl sites for hydroxylation is 1. The zero-order valence-corrected chi connectivity index (χ0v) is 12.0.